The fraction of sp³-hybridized carbons (Fsp3) is 0.750. The fourth-order valence-corrected chi connectivity index (χ4v) is 3.36. The van der Waals surface area contributed by atoms with Crippen LogP contribution in [0.1, 0.15) is 35.8 Å². The van der Waals surface area contributed by atoms with Gasteiger partial charge in [0.1, 0.15) is 0 Å². The zero-order valence-corrected chi connectivity index (χ0v) is 11.0. The molecule has 17 heavy (non-hydrogen) atoms. The van der Waals surface area contributed by atoms with Gasteiger partial charge in [0.25, 0.3) is 0 Å². The summed E-state index contributed by atoms with van der Waals surface area (Å²) >= 11 is 1.76. The SMILES string of the molecule is CN(c1nc(C2CC2)c(CN)s1)C1CCOC1. The number of thiazole rings is 1. The van der Waals surface area contributed by atoms with E-state index in [1.807, 2.05) is 0 Å². The summed E-state index contributed by atoms with van der Waals surface area (Å²) in [6, 6.07) is 0.485. The zero-order chi connectivity index (χ0) is 11.8. The Kier molecular flexibility index (Phi) is 3.06. The number of hydrogen-bond donors (Lipinski definition) is 1. The summed E-state index contributed by atoms with van der Waals surface area (Å²) in [4.78, 5) is 8.33. The van der Waals surface area contributed by atoms with Crippen molar-refractivity contribution in [1.29, 1.82) is 0 Å². The van der Waals surface area contributed by atoms with Crippen LogP contribution >= 0.6 is 11.3 Å². The predicted molar refractivity (Wildman–Crippen MR) is 69.6 cm³/mol. The van der Waals surface area contributed by atoms with Gasteiger partial charge in [-0.15, -0.1) is 11.3 Å². The Morgan fingerprint density at radius 2 is 2.29 bits per heavy atom. The molecule has 1 aliphatic heterocycles. The molecular weight excluding hydrogens is 234 g/mol. The van der Waals surface area contributed by atoms with Crippen molar-refractivity contribution in [2.24, 2.45) is 5.73 Å². The van der Waals surface area contributed by atoms with E-state index in [-0.39, 0.29) is 0 Å². The van der Waals surface area contributed by atoms with Crippen LogP contribution in [0.5, 0.6) is 0 Å². The second-order valence-electron chi connectivity index (χ2n) is 4.91. The van der Waals surface area contributed by atoms with Gasteiger partial charge in [-0.25, -0.2) is 4.98 Å². The Morgan fingerprint density at radius 1 is 1.47 bits per heavy atom. The Balaban J connectivity index is 1.81. The van der Waals surface area contributed by atoms with Gasteiger partial charge in [-0.1, -0.05) is 0 Å². The van der Waals surface area contributed by atoms with Crippen molar-refractivity contribution in [2.45, 2.75) is 37.8 Å². The fourth-order valence-electron chi connectivity index (χ4n) is 2.31. The van der Waals surface area contributed by atoms with Gasteiger partial charge in [-0.2, -0.15) is 0 Å². The molecule has 0 amide bonds. The van der Waals surface area contributed by atoms with Crippen LogP contribution in [0, 0.1) is 0 Å². The Labute approximate surface area is 106 Å². The summed E-state index contributed by atoms with van der Waals surface area (Å²) in [5, 5.41) is 1.11. The molecule has 2 fully saturated rings. The summed E-state index contributed by atoms with van der Waals surface area (Å²) < 4.78 is 5.43. The molecule has 5 heteroatoms. The highest BCUT2D eigenvalue weighted by atomic mass is 32.1. The third-order valence-corrected chi connectivity index (χ3v) is 4.80. The molecule has 1 aromatic heterocycles. The predicted octanol–water partition coefficient (Wildman–Crippen LogP) is 1.70. The van der Waals surface area contributed by atoms with Crippen LogP contribution in [0.4, 0.5) is 5.13 Å². The maximum absolute atomic E-state index is 5.81. The van der Waals surface area contributed by atoms with Crippen LogP contribution in [0.2, 0.25) is 0 Å². The van der Waals surface area contributed by atoms with Gasteiger partial charge >= 0.3 is 0 Å². The molecule has 1 saturated carbocycles. The molecule has 94 valence electrons. The lowest BCUT2D eigenvalue weighted by Gasteiger charge is -2.21. The molecule has 1 aromatic rings. The smallest absolute Gasteiger partial charge is 0.185 e. The van der Waals surface area contributed by atoms with E-state index in [0.29, 0.717) is 18.5 Å². The van der Waals surface area contributed by atoms with Crippen molar-refractivity contribution in [2.75, 3.05) is 25.2 Å². The lowest BCUT2D eigenvalue weighted by atomic mass is 10.2. The second-order valence-corrected chi connectivity index (χ2v) is 5.97. The van der Waals surface area contributed by atoms with Gasteiger partial charge in [0.2, 0.25) is 0 Å². The average Bonchev–Trinajstić information content (AvgIpc) is 2.91. The molecular formula is C12H19N3OS. The third kappa shape index (κ3) is 2.19. The minimum absolute atomic E-state index is 0.485. The summed E-state index contributed by atoms with van der Waals surface area (Å²) in [7, 11) is 2.12. The molecule has 2 heterocycles. The molecule has 1 aliphatic carbocycles. The van der Waals surface area contributed by atoms with E-state index in [4.69, 9.17) is 15.5 Å². The highest BCUT2D eigenvalue weighted by molar-refractivity contribution is 7.15. The first-order valence-corrected chi connectivity index (χ1v) is 7.11. The van der Waals surface area contributed by atoms with E-state index >= 15 is 0 Å². The second kappa shape index (κ2) is 4.55. The molecule has 0 radical (unpaired) electrons. The summed E-state index contributed by atoms with van der Waals surface area (Å²) in [5.41, 5.74) is 7.07. The molecule has 1 saturated heterocycles. The van der Waals surface area contributed by atoms with Crippen LogP contribution in [-0.4, -0.2) is 31.3 Å². The van der Waals surface area contributed by atoms with Gasteiger partial charge in [0, 0.05) is 31.0 Å². The van der Waals surface area contributed by atoms with Crippen molar-refractivity contribution in [3.05, 3.63) is 10.6 Å². The molecule has 0 bridgehead atoms. The van der Waals surface area contributed by atoms with Crippen molar-refractivity contribution >= 4 is 16.5 Å². The van der Waals surface area contributed by atoms with Crippen LogP contribution in [0.3, 0.4) is 0 Å². The molecule has 1 unspecified atom stereocenters. The van der Waals surface area contributed by atoms with Crippen molar-refractivity contribution in [3.63, 3.8) is 0 Å². The van der Waals surface area contributed by atoms with E-state index in [1.54, 1.807) is 11.3 Å². The van der Waals surface area contributed by atoms with Gasteiger partial charge in [0.15, 0.2) is 5.13 Å². The molecule has 2 aliphatic rings. The maximum atomic E-state index is 5.81. The lowest BCUT2D eigenvalue weighted by molar-refractivity contribution is 0.193. The van der Waals surface area contributed by atoms with Crippen molar-refractivity contribution in [1.82, 2.24) is 4.98 Å². The molecule has 4 nitrogen and oxygen atoms in total. The Morgan fingerprint density at radius 3 is 2.88 bits per heavy atom. The van der Waals surface area contributed by atoms with Gasteiger partial charge in [-0.05, 0) is 19.3 Å². The van der Waals surface area contributed by atoms with Crippen LogP contribution in [0.15, 0.2) is 0 Å². The quantitative estimate of drug-likeness (QED) is 0.887. The number of anilines is 1. The van der Waals surface area contributed by atoms with Crippen LogP contribution in [-0.2, 0) is 11.3 Å². The topological polar surface area (TPSA) is 51.4 Å². The Bertz CT molecular complexity index is 396. The normalized spacial score (nSPS) is 24.2. The molecule has 0 aromatic carbocycles. The summed E-state index contributed by atoms with van der Waals surface area (Å²) in [6.07, 6.45) is 3.67. The maximum Gasteiger partial charge on any atom is 0.185 e. The third-order valence-electron chi connectivity index (χ3n) is 3.62. The molecule has 2 N–H and O–H groups in total. The highest BCUT2D eigenvalue weighted by Crippen LogP contribution is 2.44. The van der Waals surface area contributed by atoms with E-state index in [0.717, 1.165) is 24.8 Å². The number of nitrogens with two attached hydrogens (primary N) is 1. The minimum atomic E-state index is 0.485. The monoisotopic (exact) mass is 253 g/mol. The number of aromatic nitrogens is 1. The van der Waals surface area contributed by atoms with Gasteiger partial charge in [0.05, 0.1) is 18.3 Å². The van der Waals surface area contributed by atoms with E-state index in [2.05, 4.69) is 11.9 Å². The first kappa shape index (κ1) is 11.4. The number of nitrogens with zero attached hydrogens (tertiary/aromatic N) is 2. The number of likely N-dealkylation sites (N-methyl/N-ethyl adjacent to an activating group) is 1. The number of hydrogen-bond acceptors (Lipinski definition) is 5. The molecule has 3 rings (SSSR count). The van der Waals surface area contributed by atoms with Crippen LogP contribution in [0.25, 0.3) is 0 Å². The van der Waals surface area contributed by atoms with Gasteiger partial charge in [-0.3, -0.25) is 0 Å². The molecule has 1 atom stereocenters. The zero-order valence-electron chi connectivity index (χ0n) is 10.2. The standard InChI is InChI=1S/C12H19N3OS/c1-15(9-4-5-16-7-9)12-14-11(8-2-3-8)10(6-13)17-12/h8-9H,2-7,13H2,1H3. The van der Waals surface area contributed by atoms with E-state index in [9.17, 15) is 0 Å². The van der Waals surface area contributed by atoms with Gasteiger partial charge < -0.3 is 15.4 Å². The van der Waals surface area contributed by atoms with E-state index < -0.39 is 0 Å². The van der Waals surface area contributed by atoms with E-state index in [1.165, 1.54) is 23.4 Å². The average molecular weight is 253 g/mol. The first-order chi connectivity index (χ1) is 8.29. The van der Waals surface area contributed by atoms with Crippen molar-refractivity contribution < 1.29 is 4.74 Å². The first-order valence-electron chi connectivity index (χ1n) is 6.30. The Hall–Kier alpha value is -0.650. The highest BCUT2D eigenvalue weighted by Gasteiger charge is 2.31. The van der Waals surface area contributed by atoms with Crippen molar-refractivity contribution in [3.8, 4) is 0 Å². The largest absolute Gasteiger partial charge is 0.379 e. The van der Waals surface area contributed by atoms with Crippen LogP contribution < -0.4 is 10.6 Å². The lowest BCUT2D eigenvalue weighted by Crippen LogP contribution is -2.31. The summed E-state index contributed by atoms with van der Waals surface area (Å²) in [5.74, 6) is 0.687. The summed E-state index contributed by atoms with van der Waals surface area (Å²) in [6.45, 7) is 2.32. The minimum Gasteiger partial charge on any atom is -0.379 e. The number of rotatable bonds is 4. The number of ether oxygens (including phenoxy) is 1. The molecule has 0 spiro atoms.